The fraction of sp³-hybridized carbons (Fsp3) is 0.944. The molecule has 0 radical (unpaired) electrons. The van der Waals surface area contributed by atoms with Crippen molar-refractivity contribution < 1.29 is 9.53 Å². The van der Waals surface area contributed by atoms with Gasteiger partial charge in [0.2, 0.25) is 5.91 Å². The van der Waals surface area contributed by atoms with E-state index in [9.17, 15) is 4.79 Å². The maximum absolute atomic E-state index is 12.6. The molecule has 2 atom stereocenters. The van der Waals surface area contributed by atoms with Crippen molar-refractivity contribution in [2.45, 2.75) is 45.4 Å². The predicted molar refractivity (Wildman–Crippen MR) is 87.6 cm³/mol. The van der Waals surface area contributed by atoms with E-state index in [0.717, 1.165) is 63.6 Å². The summed E-state index contributed by atoms with van der Waals surface area (Å²) in [6, 6.07) is 0. The molecule has 3 rings (SSSR count). The minimum absolute atomic E-state index is 0.403. The van der Waals surface area contributed by atoms with Crippen LogP contribution < -0.4 is 5.32 Å². The molecule has 2 unspecified atom stereocenters. The summed E-state index contributed by atoms with van der Waals surface area (Å²) in [5.41, 5.74) is 0. The maximum Gasteiger partial charge on any atom is 0.222 e. The van der Waals surface area contributed by atoms with Gasteiger partial charge in [-0.05, 0) is 68.9 Å². The summed E-state index contributed by atoms with van der Waals surface area (Å²) in [6.07, 6.45) is 6.82. The smallest absolute Gasteiger partial charge is 0.222 e. The topological polar surface area (TPSA) is 41.6 Å². The first-order valence-electron chi connectivity index (χ1n) is 9.30. The molecule has 0 aromatic rings. The van der Waals surface area contributed by atoms with E-state index in [1.807, 2.05) is 0 Å². The molecule has 3 fully saturated rings. The predicted octanol–water partition coefficient (Wildman–Crippen LogP) is 2.29. The van der Waals surface area contributed by atoms with Crippen molar-refractivity contribution in [1.29, 1.82) is 0 Å². The molecule has 0 spiro atoms. The van der Waals surface area contributed by atoms with Crippen molar-refractivity contribution in [2.75, 3.05) is 39.4 Å². The first kappa shape index (κ1) is 16.3. The first-order chi connectivity index (χ1) is 10.7. The third kappa shape index (κ3) is 4.02. The Labute approximate surface area is 135 Å². The van der Waals surface area contributed by atoms with E-state index < -0.39 is 0 Å². The Kier molecular flexibility index (Phi) is 5.75. The van der Waals surface area contributed by atoms with Gasteiger partial charge in [0.1, 0.15) is 0 Å². The Hall–Kier alpha value is -0.610. The molecule has 126 valence electrons. The van der Waals surface area contributed by atoms with E-state index in [1.54, 1.807) is 0 Å². The van der Waals surface area contributed by atoms with E-state index in [2.05, 4.69) is 17.1 Å². The summed E-state index contributed by atoms with van der Waals surface area (Å²) in [7, 11) is 0. The lowest BCUT2D eigenvalue weighted by atomic mass is 9.84. The molecule has 0 bridgehead atoms. The lowest BCUT2D eigenvalue weighted by Crippen LogP contribution is -2.35. The van der Waals surface area contributed by atoms with Gasteiger partial charge in [0.25, 0.3) is 0 Å². The van der Waals surface area contributed by atoms with Crippen molar-refractivity contribution in [3.8, 4) is 0 Å². The van der Waals surface area contributed by atoms with Gasteiger partial charge in [0, 0.05) is 32.7 Å². The molecule has 4 nitrogen and oxygen atoms in total. The summed E-state index contributed by atoms with van der Waals surface area (Å²) >= 11 is 0. The molecular formula is C18H32N2O2. The second-order valence-electron chi connectivity index (χ2n) is 7.61. The van der Waals surface area contributed by atoms with Crippen LogP contribution in [0.2, 0.25) is 0 Å². The van der Waals surface area contributed by atoms with Crippen molar-refractivity contribution in [2.24, 2.45) is 23.7 Å². The minimum Gasteiger partial charge on any atom is -0.381 e. The van der Waals surface area contributed by atoms with Crippen LogP contribution in [0.5, 0.6) is 0 Å². The monoisotopic (exact) mass is 308 g/mol. The highest BCUT2D eigenvalue weighted by Gasteiger charge is 2.33. The second kappa shape index (κ2) is 7.78. The Balaban J connectivity index is 1.44. The van der Waals surface area contributed by atoms with Gasteiger partial charge in [0.05, 0.1) is 0 Å². The standard InChI is InChI=1S/C18H32N2O2/c1-14(15-2-7-19-8-3-15)12-18(21)20-9-4-17(13-20)16-5-10-22-11-6-16/h14-17,19H,2-13H2,1H3. The molecule has 22 heavy (non-hydrogen) atoms. The van der Waals surface area contributed by atoms with E-state index >= 15 is 0 Å². The number of ether oxygens (including phenoxy) is 1. The van der Waals surface area contributed by atoms with E-state index in [0.29, 0.717) is 11.8 Å². The molecule has 3 saturated heterocycles. The number of amides is 1. The van der Waals surface area contributed by atoms with Crippen LogP contribution in [0.15, 0.2) is 0 Å². The number of hydrogen-bond acceptors (Lipinski definition) is 3. The van der Waals surface area contributed by atoms with Gasteiger partial charge in [-0.1, -0.05) is 6.92 Å². The number of carbonyl (C=O) groups is 1. The number of piperidine rings is 1. The largest absolute Gasteiger partial charge is 0.381 e. The highest BCUT2D eigenvalue weighted by molar-refractivity contribution is 5.76. The van der Waals surface area contributed by atoms with Crippen LogP contribution in [0.3, 0.4) is 0 Å². The van der Waals surface area contributed by atoms with Crippen LogP contribution in [0.4, 0.5) is 0 Å². The quantitative estimate of drug-likeness (QED) is 0.866. The zero-order valence-corrected chi connectivity index (χ0v) is 14.1. The van der Waals surface area contributed by atoms with Crippen LogP contribution in [-0.2, 0) is 9.53 Å². The number of likely N-dealkylation sites (tertiary alicyclic amines) is 1. The summed E-state index contributed by atoms with van der Waals surface area (Å²) in [5, 5.41) is 3.41. The van der Waals surface area contributed by atoms with Gasteiger partial charge in [0.15, 0.2) is 0 Å². The van der Waals surface area contributed by atoms with Crippen molar-refractivity contribution >= 4 is 5.91 Å². The molecule has 0 aromatic heterocycles. The average Bonchev–Trinajstić information content (AvgIpc) is 3.06. The average molecular weight is 308 g/mol. The van der Waals surface area contributed by atoms with Crippen LogP contribution in [0.1, 0.15) is 45.4 Å². The lowest BCUT2D eigenvalue weighted by Gasteiger charge is -2.30. The van der Waals surface area contributed by atoms with Crippen LogP contribution in [-0.4, -0.2) is 50.2 Å². The highest BCUT2D eigenvalue weighted by Crippen LogP contribution is 2.32. The van der Waals surface area contributed by atoms with E-state index in [4.69, 9.17) is 4.74 Å². The molecule has 0 aromatic carbocycles. The van der Waals surface area contributed by atoms with E-state index in [1.165, 1.54) is 32.1 Å². The van der Waals surface area contributed by atoms with Crippen molar-refractivity contribution in [3.63, 3.8) is 0 Å². The fourth-order valence-corrected chi connectivity index (χ4v) is 4.57. The fourth-order valence-electron chi connectivity index (χ4n) is 4.57. The zero-order valence-electron chi connectivity index (χ0n) is 14.1. The van der Waals surface area contributed by atoms with Crippen LogP contribution in [0.25, 0.3) is 0 Å². The molecule has 1 amide bonds. The Morgan fingerprint density at radius 3 is 2.59 bits per heavy atom. The molecule has 0 saturated carbocycles. The van der Waals surface area contributed by atoms with Gasteiger partial charge in [-0.25, -0.2) is 0 Å². The van der Waals surface area contributed by atoms with Gasteiger partial charge in [-0.3, -0.25) is 4.79 Å². The number of nitrogens with zero attached hydrogens (tertiary/aromatic N) is 1. The molecule has 3 aliphatic rings. The SMILES string of the molecule is CC(CC(=O)N1CCC(C2CCOCC2)C1)C1CCNCC1. The van der Waals surface area contributed by atoms with Crippen molar-refractivity contribution in [1.82, 2.24) is 10.2 Å². The zero-order chi connectivity index (χ0) is 15.4. The van der Waals surface area contributed by atoms with Crippen LogP contribution >= 0.6 is 0 Å². The number of rotatable bonds is 4. The molecule has 4 heteroatoms. The third-order valence-corrected chi connectivity index (χ3v) is 6.20. The third-order valence-electron chi connectivity index (χ3n) is 6.20. The number of nitrogens with one attached hydrogen (secondary N) is 1. The summed E-state index contributed by atoms with van der Waals surface area (Å²) in [5.74, 6) is 3.19. The normalized spacial score (nSPS) is 29.7. The molecule has 3 aliphatic heterocycles. The Bertz CT molecular complexity index is 362. The van der Waals surface area contributed by atoms with Gasteiger partial charge in [-0.15, -0.1) is 0 Å². The summed E-state index contributed by atoms with van der Waals surface area (Å²) < 4.78 is 5.47. The molecule has 0 aliphatic carbocycles. The minimum atomic E-state index is 0.403. The maximum atomic E-state index is 12.6. The Morgan fingerprint density at radius 2 is 1.86 bits per heavy atom. The second-order valence-corrected chi connectivity index (χ2v) is 7.61. The van der Waals surface area contributed by atoms with Gasteiger partial charge in [-0.2, -0.15) is 0 Å². The summed E-state index contributed by atoms with van der Waals surface area (Å²) in [4.78, 5) is 14.8. The lowest BCUT2D eigenvalue weighted by molar-refractivity contribution is -0.131. The Morgan fingerprint density at radius 1 is 1.14 bits per heavy atom. The van der Waals surface area contributed by atoms with E-state index in [-0.39, 0.29) is 0 Å². The molecule has 3 heterocycles. The van der Waals surface area contributed by atoms with Gasteiger partial charge < -0.3 is 15.0 Å². The first-order valence-corrected chi connectivity index (χ1v) is 9.30. The highest BCUT2D eigenvalue weighted by atomic mass is 16.5. The molecule has 1 N–H and O–H groups in total. The van der Waals surface area contributed by atoms with Crippen LogP contribution in [0, 0.1) is 23.7 Å². The summed E-state index contributed by atoms with van der Waals surface area (Å²) in [6.45, 7) is 8.35. The van der Waals surface area contributed by atoms with Gasteiger partial charge >= 0.3 is 0 Å². The number of carbonyl (C=O) groups excluding carboxylic acids is 1. The molecular weight excluding hydrogens is 276 g/mol. The van der Waals surface area contributed by atoms with Crippen molar-refractivity contribution in [3.05, 3.63) is 0 Å². The number of hydrogen-bond donors (Lipinski definition) is 1.